The molecule has 0 amide bonds. The molecule has 0 aliphatic carbocycles. The van der Waals surface area contributed by atoms with Gasteiger partial charge in [0.1, 0.15) is 4.99 Å². The number of hydrogen-bond acceptors (Lipinski definition) is 3. The van der Waals surface area contributed by atoms with Gasteiger partial charge in [0.2, 0.25) is 10.3 Å². The van der Waals surface area contributed by atoms with Crippen molar-refractivity contribution < 1.29 is 8.42 Å². The molecule has 0 spiro atoms. The molecular formula is C9H10N2O2S. The Balaban J connectivity index is 2.74. The summed E-state index contributed by atoms with van der Waals surface area (Å²) in [7, 11) is -2.22. The number of nitrogens with one attached hydrogen (secondary N) is 1. The molecule has 4 nitrogen and oxygen atoms in total. The van der Waals surface area contributed by atoms with Gasteiger partial charge in [0, 0.05) is 17.8 Å². The highest BCUT2D eigenvalue weighted by Gasteiger charge is 2.17. The third-order valence-corrected chi connectivity index (χ3v) is 2.98. The van der Waals surface area contributed by atoms with Gasteiger partial charge in [-0.25, -0.2) is 0 Å². The zero-order chi connectivity index (χ0) is 10.1. The molecule has 0 radical (unpaired) electrons. The Labute approximate surface area is 83.3 Å². The molecule has 0 atom stereocenters. The molecule has 5 heteroatoms. The molecule has 1 aromatic carbocycles. The maximum atomic E-state index is 10.9. The van der Waals surface area contributed by atoms with Gasteiger partial charge in [0.05, 0.1) is 0 Å². The normalized spacial score (nSPS) is 15.0. The first-order valence-corrected chi connectivity index (χ1v) is 5.35. The Bertz CT molecular complexity index is 498. The number of rotatable bonds is 0. The van der Waals surface area contributed by atoms with E-state index in [2.05, 4.69) is 5.32 Å². The van der Waals surface area contributed by atoms with Gasteiger partial charge in [-0.1, -0.05) is 12.1 Å². The molecule has 3 N–H and O–H groups in total. The molecule has 0 fully saturated rings. The van der Waals surface area contributed by atoms with E-state index in [9.17, 15) is 8.42 Å². The van der Waals surface area contributed by atoms with Gasteiger partial charge in [-0.3, -0.25) is 5.32 Å². The highest BCUT2D eigenvalue weighted by atomic mass is 32.2. The Morgan fingerprint density at radius 2 is 2.14 bits per heavy atom. The first-order valence-electron chi connectivity index (χ1n) is 4.28. The fraction of sp³-hybridized carbons (Fsp3) is 0.222. The molecule has 1 aliphatic heterocycles. The molecule has 0 aromatic heterocycles. The smallest absolute Gasteiger partial charge is 0.233 e. The van der Waals surface area contributed by atoms with Gasteiger partial charge in [0.15, 0.2) is 0 Å². The van der Waals surface area contributed by atoms with Crippen molar-refractivity contribution in [3.63, 3.8) is 0 Å². The highest BCUT2D eigenvalue weighted by molar-refractivity contribution is 7.73. The van der Waals surface area contributed by atoms with E-state index in [1.54, 1.807) is 18.2 Å². The van der Waals surface area contributed by atoms with Crippen molar-refractivity contribution in [2.75, 3.05) is 12.3 Å². The second-order valence-corrected chi connectivity index (χ2v) is 3.99. The van der Waals surface area contributed by atoms with Crippen LogP contribution < -0.4 is 11.1 Å². The molecular weight excluding hydrogens is 200 g/mol. The van der Waals surface area contributed by atoms with E-state index in [-0.39, 0.29) is 4.99 Å². The van der Waals surface area contributed by atoms with Crippen molar-refractivity contribution in [3.8, 4) is 0 Å². The molecule has 14 heavy (non-hydrogen) atoms. The lowest BCUT2D eigenvalue weighted by Gasteiger charge is -2.18. The standard InChI is InChI=1S/C9H10N2O2S/c10-8-3-1-2-7-6(8)4-5-11-9(7)14(12)13/h1-3,11H,4-5,10H2. The van der Waals surface area contributed by atoms with Crippen molar-refractivity contribution >= 4 is 21.0 Å². The fourth-order valence-electron chi connectivity index (χ4n) is 1.64. The SMILES string of the molecule is Nc1cccc2c1CCNC2=S(=O)=O. The van der Waals surface area contributed by atoms with Gasteiger partial charge in [-0.2, -0.15) is 8.42 Å². The maximum absolute atomic E-state index is 10.9. The summed E-state index contributed by atoms with van der Waals surface area (Å²) in [5.41, 5.74) is 8.04. The minimum absolute atomic E-state index is 0.249. The Morgan fingerprint density at radius 1 is 1.36 bits per heavy atom. The van der Waals surface area contributed by atoms with Gasteiger partial charge < -0.3 is 5.73 Å². The van der Waals surface area contributed by atoms with E-state index in [0.29, 0.717) is 17.8 Å². The molecule has 0 bridgehead atoms. The Kier molecular flexibility index (Phi) is 2.26. The molecule has 74 valence electrons. The number of fused-ring (bicyclic) bond motifs is 1. The topological polar surface area (TPSA) is 72.2 Å². The van der Waals surface area contributed by atoms with Gasteiger partial charge >= 0.3 is 0 Å². The first kappa shape index (κ1) is 9.23. The average molecular weight is 210 g/mol. The lowest BCUT2D eigenvalue weighted by Crippen LogP contribution is -2.33. The van der Waals surface area contributed by atoms with Crippen LogP contribution in [0.3, 0.4) is 0 Å². The molecule has 1 aliphatic rings. The summed E-state index contributed by atoms with van der Waals surface area (Å²) in [6.45, 7) is 0.616. The fourth-order valence-corrected chi connectivity index (χ4v) is 2.23. The first-order chi connectivity index (χ1) is 6.70. The summed E-state index contributed by atoms with van der Waals surface area (Å²) in [5.74, 6) is 0. The van der Waals surface area contributed by atoms with Crippen molar-refractivity contribution in [2.45, 2.75) is 6.42 Å². The van der Waals surface area contributed by atoms with E-state index < -0.39 is 10.3 Å². The third kappa shape index (κ3) is 1.40. The summed E-state index contributed by atoms with van der Waals surface area (Å²) >= 11 is 0. The van der Waals surface area contributed by atoms with Crippen LogP contribution >= 0.6 is 0 Å². The van der Waals surface area contributed by atoms with E-state index in [4.69, 9.17) is 5.73 Å². The van der Waals surface area contributed by atoms with E-state index in [1.165, 1.54) is 0 Å². The average Bonchev–Trinajstić information content (AvgIpc) is 2.17. The molecule has 0 saturated carbocycles. The van der Waals surface area contributed by atoms with Crippen LogP contribution in [0, 0.1) is 0 Å². The Hall–Kier alpha value is -1.33. The van der Waals surface area contributed by atoms with E-state index >= 15 is 0 Å². The van der Waals surface area contributed by atoms with Crippen molar-refractivity contribution in [1.29, 1.82) is 0 Å². The maximum Gasteiger partial charge on any atom is 0.233 e. The molecule has 1 aromatic rings. The largest absolute Gasteiger partial charge is 0.398 e. The van der Waals surface area contributed by atoms with Crippen LogP contribution in [0.1, 0.15) is 11.1 Å². The summed E-state index contributed by atoms with van der Waals surface area (Å²) < 4.78 is 21.8. The van der Waals surface area contributed by atoms with Crippen LogP contribution in [0.25, 0.3) is 0 Å². The molecule has 2 rings (SSSR count). The van der Waals surface area contributed by atoms with Gasteiger partial charge in [-0.05, 0) is 18.1 Å². The monoisotopic (exact) mass is 210 g/mol. The van der Waals surface area contributed by atoms with Gasteiger partial charge in [0.25, 0.3) is 0 Å². The molecule has 1 heterocycles. The minimum atomic E-state index is -2.22. The lowest BCUT2D eigenvalue weighted by atomic mass is 9.99. The van der Waals surface area contributed by atoms with Crippen molar-refractivity contribution in [1.82, 2.24) is 5.32 Å². The number of benzene rings is 1. The highest BCUT2D eigenvalue weighted by Crippen LogP contribution is 2.19. The second kappa shape index (κ2) is 3.43. The third-order valence-electron chi connectivity index (χ3n) is 2.28. The summed E-state index contributed by atoms with van der Waals surface area (Å²) in [4.78, 5) is 0.249. The summed E-state index contributed by atoms with van der Waals surface area (Å²) in [5, 5.41) is 2.85. The summed E-state index contributed by atoms with van der Waals surface area (Å²) in [6, 6.07) is 5.31. The minimum Gasteiger partial charge on any atom is -0.398 e. The van der Waals surface area contributed by atoms with Crippen LogP contribution in [-0.2, 0) is 16.7 Å². The number of nitrogen functional groups attached to an aromatic ring is 1. The zero-order valence-corrected chi connectivity index (χ0v) is 8.26. The molecule has 0 saturated heterocycles. The number of nitrogens with two attached hydrogens (primary N) is 1. The van der Waals surface area contributed by atoms with Crippen LogP contribution in [0.5, 0.6) is 0 Å². The van der Waals surface area contributed by atoms with Gasteiger partial charge in [-0.15, -0.1) is 0 Å². The van der Waals surface area contributed by atoms with Crippen LogP contribution in [0.4, 0.5) is 5.69 Å². The quantitative estimate of drug-likeness (QED) is 0.458. The van der Waals surface area contributed by atoms with Crippen LogP contribution in [0.2, 0.25) is 0 Å². The van der Waals surface area contributed by atoms with Crippen molar-refractivity contribution in [2.24, 2.45) is 0 Å². The predicted molar refractivity (Wildman–Crippen MR) is 55.6 cm³/mol. The van der Waals surface area contributed by atoms with Crippen LogP contribution in [-0.4, -0.2) is 20.0 Å². The number of hydrogen-bond donors (Lipinski definition) is 2. The van der Waals surface area contributed by atoms with Crippen LogP contribution in [0.15, 0.2) is 18.2 Å². The second-order valence-electron chi connectivity index (χ2n) is 3.11. The van der Waals surface area contributed by atoms with E-state index in [1.807, 2.05) is 0 Å². The van der Waals surface area contributed by atoms with Crippen molar-refractivity contribution in [3.05, 3.63) is 29.3 Å². The summed E-state index contributed by atoms with van der Waals surface area (Å²) in [6.07, 6.45) is 0.767. The molecule has 0 unspecified atom stereocenters. The lowest BCUT2D eigenvalue weighted by molar-refractivity contribution is 0.626. The predicted octanol–water partition coefficient (Wildman–Crippen LogP) is -0.228. The number of anilines is 1. The van der Waals surface area contributed by atoms with E-state index in [0.717, 1.165) is 12.0 Å². The Morgan fingerprint density at radius 3 is 2.86 bits per heavy atom. The zero-order valence-electron chi connectivity index (χ0n) is 7.45.